The van der Waals surface area contributed by atoms with Gasteiger partial charge in [-0.3, -0.25) is 19.3 Å². The van der Waals surface area contributed by atoms with Gasteiger partial charge in [0.05, 0.1) is 93.4 Å². The number of aryl methyl sites for hydroxylation is 4. The summed E-state index contributed by atoms with van der Waals surface area (Å²) >= 11 is 0. The van der Waals surface area contributed by atoms with E-state index in [1.807, 2.05) is 88.1 Å². The number of hydrogen-bond donors (Lipinski definition) is 2. The van der Waals surface area contributed by atoms with Crippen molar-refractivity contribution in [1.82, 2.24) is 38.7 Å². The van der Waals surface area contributed by atoms with Crippen LogP contribution in [0.3, 0.4) is 0 Å². The van der Waals surface area contributed by atoms with Crippen molar-refractivity contribution in [1.29, 1.82) is 0 Å². The Balaban J connectivity index is 0.000000170. The van der Waals surface area contributed by atoms with Gasteiger partial charge in [-0.1, -0.05) is 24.3 Å². The minimum atomic E-state index is -0.935. The lowest BCUT2D eigenvalue weighted by atomic mass is 9.91. The highest BCUT2D eigenvalue weighted by atomic mass is 16.5. The van der Waals surface area contributed by atoms with E-state index in [4.69, 9.17) is 28.9 Å². The van der Waals surface area contributed by atoms with Crippen LogP contribution in [0.15, 0.2) is 73.3 Å². The standard InChI is InChI=1S/2C27H34N4O3/c2*1-17-14-29-30(4)26(17)19-12-23-25(28-15-19)21-7-6-20(27(2,3)32)13-22(21)31(23)24(16-33-5)18-8-10-34-11-9-18/h2*6-7,12-15,18,24,32H,8-11,16H2,1-5H3. The maximum atomic E-state index is 10.8. The van der Waals surface area contributed by atoms with Gasteiger partial charge < -0.3 is 38.3 Å². The summed E-state index contributed by atoms with van der Waals surface area (Å²) in [5.41, 5.74) is 12.6. The van der Waals surface area contributed by atoms with E-state index in [-0.39, 0.29) is 12.1 Å². The Labute approximate surface area is 398 Å². The normalized spacial score (nSPS) is 16.5. The van der Waals surface area contributed by atoms with Gasteiger partial charge >= 0.3 is 0 Å². The molecule has 2 fully saturated rings. The van der Waals surface area contributed by atoms with Gasteiger partial charge in [0.1, 0.15) is 0 Å². The summed E-state index contributed by atoms with van der Waals surface area (Å²) in [6, 6.07) is 17.2. The van der Waals surface area contributed by atoms with Gasteiger partial charge in [0.2, 0.25) is 0 Å². The van der Waals surface area contributed by atoms with Gasteiger partial charge in [0.25, 0.3) is 0 Å². The molecule has 0 amide bonds. The zero-order valence-corrected chi connectivity index (χ0v) is 41.4. The molecule has 0 radical (unpaired) electrons. The predicted octanol–water partition coefficient (Wildman–Crippen LogP) is 9.48. The molecule has 2 aromatic carbocycles. The van der Waals surface area contributed by atoms with E-state index >= 15 is 0 Å². The number of ether oxygens (including phenoxy) is 4. The highest BCUT2D eigenvalue weighted by Crippen LogP contribution is 2.42. The minimum Gasteiger partial charge on any atom is -0.386 e. The third-order valence-electron chi connectivity index (χ3n) is 14.4. The summed E-state index contributed by atoms with van der Waals surface area (Å²) in [7, 11) is 7.47. The molecule has 68 heavy (non-hydrogen) atoms. The van der Waals surface area contributed by atoms with Gasteiger partial charge in [-0.25, -0.2) is 0 Å². The van der Waals surface area contributed by atoms with Crippen molar-refractivity contribution in [2.45, 2.75) is 90.5 Å². The van der Waals surface area contributed by atoms with Crippen molar-refractivity contribution in [3.63, 3.8) is 0 Å². The summed E-state index contributed by atoms with van der Waals surface area (Å²) in [6.45, 7) is 15.8. The fourth-order valence-corrected chi connectivity index (χ4v) is 10.9. The minimum absolute atomic E-state index is 0.135. The zero-order chi connectivity index (χ0) is 48.1. The second kappa shape index (κ2) is 19.1. The molecule has 2 N–H and O–H groups in total. The third-order valence-corrected chi connectivity index (χ3v) is 14.4. The number of pyridine rings is 2. The van der Waals surface area contributed by atoms with Gasteiger partial charge in [-0.05, 0) is 126 Å². The zero-order valence-electron chi connectivity index (χ0n) is 41.4. The van der Waals surface area contributed by atoms with Crippen LogP contribution in [0.2, 0.25) is 0 Å². The summed E-state index contributed by atoms with van der Waals surface area (Å²) < 4.78 is 31.5. The molecule has 360 valence electrons. The number of rotatable bonds is 12. The van der Waals surface area contributed by atoms with Crippen molar-refractivity contribution in [3.8, 4) is 22.5 Å². The second-order valence-electron chi connectivity index (χ2n) is 20.0. The van der Waals surface area contributed by atoms with Crippen LogP contribution in [-0.4, -0.2) is 103 Å². The number of methoxy groups -OCH3 is 2. The van der Waals surface area contributed by atoms with Gasteiger partial charge in [0.15, 0.2) is 0 Å². The number of aromatic nitrogens is 8. The van der Waals surface area contributed by atoms with Crippen LogP contribution in [0.5, 0.6) is 0 Å². The fraction of sp³-hybridized carbons (Fsp3) is 0.481. The van der Waals surface area contributed by atoms with Crippen molar-refractivity contribution >= 4 is 43.9 Å². The SMILES string of the molecule is COCC(C1CCOCC1)n1c2cc(C(C)(C)O)ccc2c2ncc(-c3c(C)cnn3C)cc21.COCC(C1CCOCC1)n1c2cc(C(C)(C)O)ccc2c2ncc(-c3c(C)cnn3C)cc21. The van der Waals surface area contributed by atoms with Crippen molar-refractivity contribution in [2.24, 2.45) is 25.9 Å². The van der Waals surface area contributed by atoms with Gasteiger partial charge in [-0.15, -0.1) is 0 Å². The number of hydrogen-bond acceptors (Lipinski definition) is 10. The molecule has 2 unspecified atom stereocenters. The van der Waals surface area contributed by atoms with Crippen LogP contribution in [0.1, 0.15) is 87.7 Å². The summed E-state index contributed by atoms with van der Waals surface area (Å²) in [4.78, 5) is 9.92. The number of nitrogens with zero attached hydrogens (tertiary/aromatic N) is 8. The summed E-state index contributed by atoms with van der Waals surface area (Å²) in [6.07, 6.45) is 11.6. The Hall–Kier alpha value is -5.48. The lowest BCUT2D eigenvalue weighted by Gasteiger charge is -2.32. The predicted molar refractivity (Wildman–Crippen MR) is 268 cm³/mol. The fourth-order valence-electron chi connectivity index (χ4n) is 10.9. The highest BCUT2D eigenvalue weighted by Gasteiger charge is 2.32. The monoisotopic (exact) mass is 925 g/mol. The number of fused-ring (bicyclic) bond motifs is 6. The lowest BCUT2D eigenvalue weighted by Crippen LogP contribution is -2.29. The molecule has 0 spiro atoms. The van der Waals surface area contributed by atoms with E-state index in [1.54, 1.807) is 14.2 Å². The van der Waals surface area contributed by atoms with Crippen LogP contribution in [0.4, 0.5) is 0 Å². The molecule has 0 saturated carbocycles. The van der Waals surface area contributed by atoms with Crippen molar-refractivity contribution < 1.29 is 29.2 Å². The Bertz CT molecular complexity index is 2820. The maximum absolute atomic E-state index is 10.8. The molecule has 14 heteroatoms. The molecular formula is C54H68N8O6. The van der Waals surface area contributed by atoms with Crippen molar-refractivity contribution in [2.75, 3.05) is 53.9 Å². The Morgan fingerprint density at radius 2 is 0.971 bits per heavy atom. The number of aliphatic hydroxyl groups is 2. The molecule has 2 aliphatic rings. The Morgan fingerprint density at radius 1 is 0.588 bits per heavy atom. The van der Waals surface area contributed by atoms with E-state index < -0.39 is 11.2 Å². The second-order valence-corrected chi connectivity index (χ2v) is 20.0. The van der Waals surface area contributed by atoms with Crippen LogP contribution in [-0.2, 0) is 44.2 Å². The first-order valence-electron chi connectivity index (χ1n) is 24.0. The van der Waals surface area contributed by atoms with Crippen LogP contribution < -0.4 is 0 Å². The summed E-state index contributed by atoms with van der Waals surface area (Å²) in [5.74, 6) is 0.862. The van der Waals surface area contributed by atoms with E-state index in [0.717, 1.165) is 141 Å². The molecule has 10 rings (SSSR count). The molecule has 14 nitrogen and oxygen atoms in total. The molecule has 2 aliphatic heterocycles. The molecule has 6 aromatic heterocycles. The van der Waals surface area contributed by atoms with Gasteiger partial charge in [0, 0.05) is 89.0 Å². The van der Waals surface area contributed by atoms with Crippen LogP contribution in [0.25, 0.3) is 66.4 Å². The lowest BCUT2D eigenvalue weighted by molar-refractivity contribution is 0.0310. The first kappa shape index (κ1) is 47.6. The quantitative estimate of drug-likeness (QED) is 0.121. The van der Waals surface area contributed by atoms with Crippen LogP contribution >= 0.6 is 0 Å². The summed E-state index contributed by atoms with van der Waals surface area (Å²) in [5, 5.41) is 32.6. The smallest absolute Gasteiger partial charge is 0.0960 e. The van der Waals surface area contributed by atoms with E-state index in [2.05, 4.69) is 69.6 Å². The average molecular weight is 925 g/mol. The third kappa shape index (κ3) is 8.98. The maximum Gasteiger partial charge on any atom is 0.0960 e. The van der Waals surface area contributed by atoms with E-state index in [9.17, 15) is 10.2 Å². The molecule has 2 saturated heterocycles. The first-order chi connectivity index (χ1) is 32.6. The highest BCUT2D eigenvalue weighted by molar-refractivity contribution is 6.08. The number of benzene rings is 2. The average Bonchev–Trinajstić information content (AvgIpc) is 4.05. The molecule has 8 heterocycles. The molecule has 2 atom stereocenters. The van der Waals surface area contributed by atoms with E-state index in [0.29, 0.717) is 25.0 Å². The topological polar surface area (TPSA) is 149 Å². The molecule has 8 aromatic rings. The van der Waals surface area contributed by atoms with Crippen LogP contribution in [0, 0.1) is 25.7 Å². The Morgan fingerprint density at radius 3 is 1.29 bits per heavy atom. The molecule has 0 bridgehead atoms. The molecule has 0 aliphatic carbocycles. The van der Waals surface area contributed by atoms with Gasteiger partial charge in [-0.2, -0.15) is 10.2 Å². The first-order valence-corrected chi connectivity index (χ1v) is 24.0. The largest absolute Gasteiger partial charge is 0.386 e. The van der Waals surface area contributed by atoms with Crippen molar-refractivity contribution in [3.05, 3.63) is 95.6 Å². The molecular weight excluding hydrogens is 857 g/mol. The Kier molecular flexibility index (Phi) is 13.4. The van der Waals surface area contributed by atoms with E-state index in [1.165, 1.54) is 0 Å².